The average Bonchev–Trinajstić information content (AvgIpc) is 2.85. The van der Waals surface area contributed by atoms with E-state index in [2.05, 4.69) is 25.3 Å². The van der Waals surface area contributed by atoms with E-state index in [4.69, 9.17) is 5.73 Å². The fourth-order valence-corrected chi connectivity index (χ4v) is 1.62. The van der Waals surface area contributed by atoms with Crippen LogP contribution in [0.4, 0.5) is 0 Å². The first-order valence-corrected chi connectivity index (χ1v) is 5.78. The molecule has 106 valence electrons. The predicted octanol–water partition coefficient (Wildman–Crippen LogP) is -1.20. The van der Waals surface area contributed by atoms with Crippen molar-refractivity contribution in [2.75, 3.05) is 7.11 Å². The molecule has 0 aromatic carbocycles. The Morgan fingerprint density at radius 3 is 2.90 bits per heavy atom. The van der Waals surface area contributed by atoms with Gasteiger partial charge in [0.05, 0.1) is 12.3 Å². The van der Waals surface area contributed by atoms with Crippen LogP contribution in [0.25, 0.3) is 5.65 Å². The molecule has 2 rings (SSSR count). The first-order valence-electron chi connectivity index (χ1n) is 5.78. The number of imidazole rings is 1. The SMILES string of the molecule is CC/C(Cn1nnc2c(C(N)=O)ncn2c1=O)=N\OC. The Bertz CT molecular complexity index is 730. The van der Waals surface area contributed by atoms with E-state index in [0.29, 0.717) is 12.1 Å². The van der Waals surface area contributed by atoms with Crippen LogP contribution in [0.5, 0.6) is 0 Å². The zero-order valence-corrected chi connectivity index (χ0v) is 11.0. The van der Waals surface area contributed by atoms with E-state index in [-0.39, 0.29) is 17.9 Å². The monoisotopic (exact) mass is 279 g/mol. The summed E-state index contributed by atoms with van der Waals surface area (Å²) >= 11 is 0. The zero-order chi connectivity index (χ0) is 14.7. The third-order valence-electron chi connectivity index (χ3n) is 2.61. The third-order valence-corrected chi connectivity index (χ3v) is 2.61. The minimum atomic E-state index is -0.769. The summed E-state index contributed by atoms with van der Waals surface area (Å²) in [4.78, 5) is 31.7. The van der Waals surface area contributed by atoms with Crippen LogP contribution in [0.1, 0.15) is 23.8 Å². The minimum Gasteiger partial charge on any atom is -0.399 e. The van der Waals surface area contributed by atoms with Crippen molar-refractivity contribution < 1.29 is 9.63 Å². The summed E-state index contributed by atoms with van der Waals surface area (Å²) in [5, 5.41) is 11.3. The Morgan fingerprint density at radius 2 is 2.30 bits per heavy atom. The largest absolute Gasteiger partial charge is 0.399 e. The highest BCUT2D eigenvalue weighted by molar-refractivity contribution is 5.96. The number of aromatic nitrogens is 5. The van der Waals surface area contributed by atoms with Crippen LogP contribution in [0.3, 0.4) is 0 Å². The quantitative estimate of drug-likeness (QED) is 0.540. The average molecular weight is 279 g/mol. The molecule has 0 aliphatic heterocycles. The lowest BCUT2D eigenvalue weighted by atomic mass is 10.3. The second kappa shape index (κ2) is 5.47. The van der Waals surface area contributed by atoms with Crippen molar-refractivity contribution in [3.8, 4) is 0 Å². The number of nitrogens with zero attached hydrogens (tertiary/aromatic N) is 6. The molecule has 0 aliphatic rings. The molecule has 1 amide bonds. The van der Waals surface area contributed by atoms with Gasteiger partial charge in [-0.15, -0.1) is 5.10 Å². The summed E-state index contributed by atoms with van der Waals surface area (Å²) in [6.45, 7) is 2.01. The molecule has 0 aliphatic carbocycles. The first kappa shape index (κ1) is 13.6. The van der Waals surface area contributed by atoms with E-state index < -0.39 is 11.6 Å². The summed E-state index contributed by atoms with van der Waals surface area (Å²) in [5.41, 5.74) is 5.19. The van der Waals surface area contributed by atoms with Crippen molar-refractivity contribution in [2.45, 2.75) is 19.9 Å². The number of hydrogen-bond donors (Lipinski definition) is 1. The summed E-state index contributed by atoms with van der Waals surface area (Å²) in [6, 6.07) is 0. The van der Waals surface area contributed by atoms with Crippen LogP contribution in [-0.4, -0.2) is 43.1 Å². The van der Waals surface area contributed by atoms with Gasteiger partial charge in [-0.3, -0.25) is 4.79 Å². The number of fused-ring (bicyclic) bond motifs is 1. The van der Waals surface area contributed by atoms with E-state index in [1.54, 1.807) is 0 Å². The van der Waals surface area contributed by atoms with Gasteiger partial charge < -0.3 is 10.6 Å². The Morgan fingerprint density at radius 1 is 1.55 bits per heavy atom. The number of carbonyl (C=O) groups excluding carboxylic acids is 1. The molecule has 10 nitrogen and oxygen atoms in total. The van der Waals surface area contributed by atoms with E-state index in [1.807, 2.05) is 6.92 Å². The Balaban J connectivity index is 2.48. The highest BCUT2D eigenvalue weighted by Gasteiger charge is 2.15. The molecule has 0 unspecified atom stereocenters. The molecule has 2 heterocycles. The molecule has 2 aromatic heterocycles. The molecule has 2 N–H and O–H groups in total. The van der Waals surface area contributed by atoms with E-state index in [9.17, 15) is 9.59 Å². The molecule has 0 spiro atoms. The lowest BCUT2D eigenvalue weighted by molar-refractivity contribution is 0.0997. The molecule has 0 fully saturated rings. The maximum atomic E-state index is 12.2. The summed E-state index contributed by atoms with van der Waals surface area (Å²) < 4.78 is 2.20. The predicted molar refractivity (Wildman–Crippen MR) is 68.3 cm³/mol. The Hall–Kier alpha value is -2.78. The summed E-state index contributed by atoms with van der Waals surface area (Å²) in [7, 11) is 1.42. The van der Waals surface area contributed by atoms with E-state index in [1.165, 1.54) is 13.4 Å². The Labute approximate surface area is 112 Å². The van der Waals surface area contributed by atoms with Crippen LogP contribution >= 0.6 is 0 Å². The zero-order valence-electron chi connectivity index (χ0n) is 11.0. The highest BCUT2D eigenvalue weighted by Crippen LogP contribution is 2.01. The van der Waals surface area contributed by atoms with Crippen LogP contribution < -0.4 is 11.4 Å². The fourth-order valence-electron chi connectivity index (χ4n) is 1.62. The number of hydrogen-bond acceptors (Lipinski definition) is 7. The molecule has 2 aromatic rings. The van der Waals surface area contributed by atoms with Crippen molar-refractivity contribution in [3.05, 3.63) is 22.5 Å². The van der Waals surface area contributed by atoms with Gasteiger partial charge in [0, 0.05) is 0 Å². The van der Waals surface area contributed by atoms with Gasteiger partial charge in [0.1, 0.15) is 13.4 Å². The van der Waals surface area contributed by atoms with Crippen LogP contribution in [0.2, 0.25) is 0 Å². The molecule has 0 saturated heterocycles. The van der Waals surface area contributed by atoms with Gasteiger partial charge in [0.25, 0.3) is 5.91 Å². The van der Waals surface area contributed by atoms with Crippen LogP contribution in [-0.2, 0) is 11.4 Å². The third kappa shape index (κ3) is 2.35. The van der Waals surface area contributed by atoms with Gasteiger partial charge in [-0.25, -0.2) is 14.2 Å². The molecular weight excluding hydrogens is 266 g/mol. The number of rotatable bonds is 5. The Kier molecular flexibility index (Phi) is 3.73. The first-order chi connectivity index (χ1) is 9.58. The number of nitrogens with two attached hydrogens (primary N) is 1. The number of carbonyl (C=O) groups is 1. The van der Waals surface area contributed by atoms with E-state index >= 15 is 0 Å². The molecule has 0 saturated carbocycles. The highest BCUT2D eigenvalue weighted by atomic mass is 16.6. The molecule has 0 radical (unpaired) electrons. The van der Waals surface area contributed by atoms with Gasteiger partial charge in [0.2, 0.25) is 0 Å². The van der Waals surface area contributed by atoms with Crippen molar-refractivity contribution in [1.82, 2.24) is 24.4 Å². The normalized spacial score (nSPS) is 11.8. The molecule has 0 bridgehead atoms. The molecule has 0 atom stereocenters. The topological polar surface area (TPSA) is 130 Å². The lowest BCUT2D eigenvalue weighted by Gasteiger charge is -2.04. The van der Waals surface area contributed by atoms with Crippen molar-refractivity contribution in [3.63, 3.8) is 0 Å². The van der Waals surface area contributed by atoms with Gasteiger partial charge in [-0.05, 0) is 6.42 Å². The smallest absolute Gasteiger partial charge is 0.353 e. The number of oxime groups is 1. The van der Waals surface area contributed by atoms with Gasteiger partial charge in [0.15, 0.2) is 11.3 Å². The second-order valence-electron chi connectivity index (χ2n) is 3.87. The second-order valence-corrected chi connectivity index (χ2v) is 3.87. The van der Waals surface area contributed by atoms with Crippen molar-refractivity contribution in [1.29, 1.82) is 0 Å². The summed E-state index contributed by atoms with van der Waals surface area (Å²) in [6.07, 6.45) is 1.78. The summed E-state index contributed by atoms with van der Waals surface area (Å²) in [5.74, 6) is -0.769. The van der Waals surface area contributed by atoms with Gasteiger partial charge in [-0.1, -0.05) is 17.3 Å². The molecule has 10 heteroatoms. The van der Waals surface area contributed by atoms with E-state index in [0.717, 1.165) is 9.08 Å². The maximum Gasteiger partial charge on any atom is 0.353 e. The van der Waals surface area contributed by atoms with Gasteiger partial charge >= 0.3 is 5.69 Å². The van der Waals surface area contributed by atoms with Crippen molar-refractivity contribution in [2.24, 2.45) is 10.9 Å². The lowest BCUT2D eigenvalue weighted by Crippen LogP contribution is -2.32. The van der Waals surface area contributed by atoms with Crippen LogP contribution in [0, 0.1) is 0 Å². The maximum absolute atomic E-state index is 12.2. The standard InChI is InChI=1S/C10H13N7O3/c1-3-6(14-20-2)4-17-10(19)16-5-12-7(8(11)18)9(16)13-15-17/h5H,3-4H2,1-2H3,(H2,11,18)/b14-6+. The van der Waals surface area contributed by atoms with Gasteiger partial charge in [-0.2, -0.15) is 4.68 Å². The fraction of sp³-hybridized carbons (Fsp3) is 0.400. The van der Waals surface area contributed by atoms with Crippen molar-refractivity contribution >= 4 is 17.3 Å². The number of amides is 1. The minimum absolute atomic E-state index is 0.0282. The molecular formula is C10H13N7O3. The van der Waals surface area contributed by atoms with Crippen LogP contribution in [0.15, 0.2) is 16.3 Å². The molecule has 20 heavy (non-hydrogen) atoms. The number of primary amides is 1.